The minimum Gasteiger partial charge on any atom is -0.394 e. The van der Waals surface area contributed by atoms with Crippen LogP contribution in [0.3, 0.4) is 0 Å². The number of nitrogens with zero attached hydrogens (tertiary/aromatic N) is 1. The Kier molecular flexibility index (Phi) is 4.70. The summed E-state index contributed by atoms with van der Waals surface area (Å²) in [6.07, 6.45) is -0.794. The van der Waals surface area contributed by atoms with E-state index in [9.17, 15) is 19.8 Å². The third-order valence-corrected chi connectivity index (χ3v) is 3.22. The van der Waals surface area contributed by atoms with Crippen molar-refractivity contribution < 1.29 is 20.1 Å². The second-order valence-corrected chi connectivity index (χ2v) is 4.62. The van der Waals surface area contributed by atoms with Crippen LogP contribution in [0, 0.1) is 0 Å². The number of H-pyrrole nitrogens is 1. The Labute approximate surface area is 118 Å². The monoisotopic (exact) mass is 299 g/mol. The maximum atomic E-state index is 11.8. The number of aliphatic hydroxyl groups is 3. The first-order valence-electron chi connectivity index (χ1n) is 6.34. The molecule has 0 bridgehead atoms. The molecule has 1 saturated heterocycles. The van der Waals surface area contributed by atoms with Gasteiger partial charge in [-0.2, -0.15) is 0 Å². The number of hydrogen-bond donors (Lipinski definition) is 5. The average molecular weight is 299 g/mol. The molecule has 4 atom stereocenters. The summed E-state index contributed by atoms with van der Waals surface area (Å²) in [4.78, 5) is 25.5. The molecule has 0 saturated carbocycles. The van der Waals surface area contributed by atoms with Crippen molar-refractivity contribution in [2.45, 2.75) is 24.5 Å². The molecule has 2 rings (SSSR count). The molecule has 21 heavy (non-hydrogen) atoms. The fourth-order valence-electron chi connectivity index (χ4n) is 2.11. The maximum absolute atomic E-state index is 11.8. The molecule has 0 aliphatic carbocycles. The van der Waals surface area contributed by atoms with Crippen LogP contribution in [-0.4, -0.2) is 56.3 Å². The van der Waals surface area contributed by atoms with Gasteiger partial charge in [-0.05, 0) is 0 Å². The van der Waals surface area contributed by atoms with Gasteiger partial charge in [0.1, 0.15) is 18.3 Å². The minimum atomic E-state index is -1.41. The van der Waals surface area contributed by atoms with Crippen molar-refractivity contribution in [3.05, 3.63) is 38.7 Å². The molecule has 0 unspecified atom stereocenters. The number of nitrogens with two attached hydrogens (primary N) is 1. The van der Waals surface area contributed by atoms with E-state index < -0.39 is 42.4 Å². The first kappa shape index (κ1) is 15.6. The molecule has 2 heterocycles. The Bertz CT molecular complexity index is 637. The molecule has 1 aromatic rings. The molecule has 1 aliphatic rings. The Morgan fingerprint density at radius 2 is 2.10 bits per heavy atom. The molecule has 0 radical (unpaired) electrons. The number of nitrogens with one attached hydrogen (secondary N) is 1. The van der Waals surface area contributed by atoms with Crippen molar-refractivity contribution in [2.24, 2.45) is 5.73 Å². The van der Waals surface area contributed by atoms with Crippen LogP contribution in [-0.2, 0) is 4.74 Å². The fraction of sp³-hybridized carbons (Fsp3) is 0.500. The van der Waals surface area contributed by atoms with Gasteiger partial charge in [-0.1, -0.05) is 12.2 Å². The lowest BCUT2D eigenvalue weighted by Gasteiger charge is -2.17. The third kappa shape index (κ3) is 2.96. The summed E-state index contributed by atoms with van der Waals surface area (Å²) >= 11 is 0. The molecule has 9 heteroatoms. The van der Waals surface area contributed by atoms with Crippen LogP contribution in [0.25, 0.3) is 6.08 Å². The van der Waals surface area contributed by atoms with Gasteiger partial charge < -0.3 is 25.8 Å². The third-order valence-electron chi connectivity index (χ3n) is 3.22. The largest absolute Gasteiger partial charge is 0.394 e. The highest BCUT2D eigenvalue weighted by molar-refractivity contribution is 5.46. The summed E-state index contributed by atoms with van der Waals surface area (Å²) in [6.45, 7) is -0.292. The van der Waals surface area contributed by atoms with Crippen LogP contribution < -0.4 is 17.0 Å². The zero-order chi connectivity index (χ0) is 15.6. The Morgan fingerprint density at radius 1 is 1.38 bits per heavy atom. The second kappa shape index (κ2) is 6.33. The molecule has 116 valence electrons. The van der Waals surface area contributed by atoms with Crippen molar-refractivity contribution in [1.82, 2.24) is 9.55 Å². The first-order chi connectivity index (χ1) is 9.99. The number of hydrogen-bond acceptors (Lipinski definition) is 7. The van der Waals surface area contributed by atoms with Crippen LogP contribution in [0.15, 0.2) is 21.9 Å². The summed E-state index contributed by atoms with van der Waals surface area (Å²) in [5.41, 5.74) is 4.05. The SMILES string of the molecule is NC/C=C/c1cn([C@@H]2O[C@H](CO)[C@@H](O)[C@H]2O)c(=O)[nH]c1=O. The van der Waals surface area contributed by atoms with Crippen LogP contribution in [0.4, 0.5) is 0 Å². The van der Waals surface area contributed by atoms with Gasteiger partial charge in [0.2, 0.25) is 0 Å². The van der Waals surface area contributed by atoms with Crippen molar-refractivity contribution in [1.29, 1.82) is 0 Å². The Hall–Kier alpha value is -1.78. The predicted octanol–water partition coefficient (Wildman–Crippen LogP) is -2.88. The lowest BCUT2D eigenvalue weighted by atomic mass is 10.1. The van der Waals surface area contributed by atoms with Gasteiger partial charge in [0.25, 0.3) is 5.56 Å². The lowest BCUT2D eigenvalue weighted by molar-refractivity contribution is -0.0550. The van der Waals surface area contributed by atoms with E-state index in [0.29, 0.717) is 0 Å². The highest BCUT2D eigenvalue weighted by Gasteiger charge is 2.43. The zero-order valence-corrected chi connectivity index (χ0v) is 11.0. The normalized spacial score (nSPS) is 29.3. The van der Waals surface area contributed by atoms with Crippen LogP contribution in [0.2, 0.25) is 0 Å². The maximum Gasteiger partial charge on any atom is 0.330 e. The van der Waals surface area contributed by atoms with E-state index in [0.717, 1.165) is 4.57 Å². The van der Waals surface area contributed by atoms with E-state index in [-0.39, 0.29) is 12.1 Å². The van der Waals surface area contributed by atoms with E-state index in [1.165, 1.54) is 18.3 Å². The molecule has 6 N–H and O–H groups in total. The van der Waals surface area contributed by atoms with Gasteiger partial charge in [-0.25, -0.2) is 4.79 Å². The number of rotatable bonds is 4. The highest BCUT2D eigenvalue weighted by atomic mass is 16.6. The van der Waals surface area contributed by atoms with Crippen molar-refractivity contribution in [2.75, 3.05) is 13.2 Å². The van der Waals surface area contributed by atoms with Crippen LogP contribution >= 0.6 is 0 Å². The molecule has 0 spiro atoms. The number of ether oxygens (including phenoxy) is 1. The fourth-order valence-corrected chi connectivity index (χ4v) is 2.11. The molecule has 1 fully saturated rings. The van der Waals surface area contributed by atoms with Gasteiger partial charge >= 0.3 is 5.69 Å². The molecule has 9 nitrogen and oxygen atoms in total. The summed E-state index contributed by atoms with van der Waals surface area (Å²) in [5.74, 6) is 0. The first-order valence-corrected chi connectivity index (χ1v) is 6.34. The summed E-state index contributed by atoms with van der Waals surface area (Å²) in [5, 5.41) is 28.6. The molecule has 0 aromatic carbocycles. The van der Waals surface area contributed by atoms with E-state index in [4.69, 9.17) is 15.6 Å². The zero-order valence-electron chi connectivity index (χ0n) is 11.0. The highest BCUT2D eigenvalue weighted by Crippen LogP contribution is 2.27. The standard InChI is InChI=1S/C12H17N3O6/c13-3-1-2-6-4-15(12(20)14-10(6)19)11-9(18)8(17)7(5-16)21-11/h1-2,4,7-9,11,16-18H,3,5,13H2,(H,14,19,20)/b2-1+/t7-,8-,9-,11-/m1/s1. The van der Waals surface area contributed by atoms with Crippen LogP contribution in [0.5, 0.6) is 0 Å². The quantitative estimate of drug-likeness (QED) is 0.400. The summed E-state index contributed by atoms with van der Waals surface area (Å²) in [6, 6.07) is 0. The van der Waals surface area contributed by atoms with E-state index >= 15 is 0 Å². The van der Waals surface area contributed by atoms with Gasteiger partial charge in [-0.3, -0.25) is 14.3 Å². The molecule has 0 amide bonds. The number of aliphatic hydroxyl groups excluding tert-OH is 3. The Morgan fingerprint density at radius 3 is 2.67 bits per heavy atom. The van der Waals surface area contributed by atoms with Crippen molar-refractivity contribution in [3.63, 3.8) is 0 Å². The van der Waals surface area contributed by atoms with E-state index in [1.54, 1.807) is 0 Å². The predicted molar refractivity (Wildman–Crippen MR) is 72.4 cm³/mol. The summed E-state index contributed by atoms with van der Waals surface area (Å²) in [7, 11) is 0. The van der Waals surface area contributed by atoms with E-state index in [1.807, 2.05) is 0 Å². The molecular weight excluding hydrogens is 282 g/mol. The smallest absolute Gasteiger partial charge is 0.330 e. The number of aromatic nitrogens is 2. The van der Waals surface area contributed by atoms with Gasteiger partial charge in [0.05, 0.1) is 12.2 Å². The average Bonchev–Trinajstić information content (AvgIpc) is 2.74. The van der Waals surface area contributed by atoms with Gasteiger partial charge in [0.15, 0.2) is 6.23 Å². The molecular formula is C12H17N3O6. The lowest BCUT2D eigenvalue weighted by Crippen LogP contribution is -2.38. The molecule has 1 aliphatic heterocycles. The van der Waals surface area contributed by atoms with Crippen LogP contribution in [0.1, 0.15) is 11.8 Å². The molecule has 1 aromatic heterocycles. The van der Waals surface area contributed by atoms with Gasteiger partial charge in [0, 0.05) is 12.7 Å². The minimum absolute atomic E-state index is 0.151. The van der Waals surface area contributed by atoms with Crippen molar-refractivity contribution >= 4 is 6.08 Å². The number of aromatic amines is 1. The van der Waals surface area contributed by atoms with Gasteiger partial charge in [-0.15, -0.1) is 0 Å². The summed E-state index contributed by atoms with van der Waals surface area (Å²) < 4.78 is 6.20. The topological polar surface area (TPSA) is 151 Å². The second-order valence-electron chi connectivity index (χ2n) is 4.62. The van der Waals surface area contributed by atoms with Crippen molar-refractivity contribution in [3.8, 4) is 0 Å². The Balaban J connectivity index is 2.42. The van der Waals surface area contributed by atoms with E-state index in [2.05, 4.69) is 4.98 Å².